The van der Waals surface area contributed by atoms with E-state index in [1.54, 1.807) is 6.20 Å². The van der Waals surface area contributed by atoms with Crippen LogP contribution in [-0.4, -0.2) is 20.5 Å². The van der Waals surface area contributed by atoms with Crippen LogP contribution in [-0.2, 0) is 0 Å². The third kappa shape index (κ3) is 1.21. The number of imidazole rings is 1. The maximum Gasteiger partial charge on any atom is 0.347 e. The van der Waals surface area contributed by atoms with Crippen molar-refractivity contribution in [3.63, 3.8) is 0 Å². The van der Waals surface area contributed by atoms with E-state index in [1.807, 2.05) is 11.3 Å². The lowest BCUT2D eigenvalue weighted by Crippen LogP contribution is -2.15. The second kappa shape index (κ2) is 3.31. The number of thiazole rings is 1. The summed E-state index contributed by atoms with van der Waals surface area (Å²) in [5, 5.41) is 9.21. The zero-order chi connectivity index (χ0) is 11.3. The number of carboxylic acid groups (broad SMARTS) is 1. The van der Waals surface area contributed by atoms with Gasteiger partial charge in [-0.15, -0.1) is 0 Å². The Balaban J connectivity index is 2.28. The van der Waals surface area contributed by atoms with Crippen molar-refractivity contribution in [2.45, 2.75) is 32.1 Å². The molecule has 0 amide bonds. The third-order valence-electron chi connectivity index (χ3n) is 3.26. The molecule has 0 radical (unpaired) electrons. The molecule has 0 atom stereocenters. The van der Waals surface area contributed by atoms with Gasteiger partial charge in [0.15, 0.2) is 4.96 Å². The lowest BCUT2D eigenvalue weighted by atomic mass is 9.82. The highest BCUT2D eigenvalue weighted by molar-refractivity contribution is 7.19. The number of aromatic nitrogens is 2. The quantitative estimate of drug-likeness (QED) is 0.872. The molecule has 2 aromatic heterocycles. The Morgan fingerprint density at radius 3 is 2.94 bits per heavy atom. The van der Waals surface area contributed by atoms with Crippen molar-refractivity contribution < 1.29 is 9.90 Å². The normalized spacial score (nSPS) is 16.6. The van der Waals surface area contributed by atoms with Crippen molar-refractivity contribution in [2.24, 2.45) is 0 Å². The lowest BCUT2D eigenvalue weighted by molar-refractivity contribution is 0.0699. The summed E-state index contributed by atoms with van der Waals surface area (Å²) in [4.78, 5) is 16.7. The van der Waals surface area contributed by atoms with Crippen LogP contribution in [0, 0.1) is 6.92 Å². The maximum absolute atomic E-state index is 11.2. The molecule has 0 aliphatic heterocycles. The first kappa shape index (κ1) is 9.84. The Morgan fingerprint density at radius 1 is 1.62 bits per heavy atom. The third-order valence-corrected chi connectivity index (χ3v) is 4.32. The molecule has 2 aromatic rings. The lowest BCUT2D eigenvalue weighted by Gasteiger charge is -2.25. The Morgan fingerprint density at radius 2 is 2.38 bits per heavy atom. The molecule has 0 saturated heterocycles. The summed E-state index contributed by atoms with van der Waals surface area (Å²) in [6.45, 7) is 1.97. The van der Waals surface area contributed by atoms with Crippen molar-refractivity contribution in [1.29, 1.82) is 0 Å². The molecule has 1 aliphatic carbocycles. The predicted molar refractivity (Wildman–Crippen MR) is 61.4 cm³/mol. The summed E-state index contributed by atoms with van der Waals surface area (Å²) >= 11 is 1.28. The zero-order valence-corrected chi connectivity index (χ0v) is 9.75. The number of nitrogens with zero attached hydrogens (tertiary/aromatic N) is 2. The van der Waals surface area contributed by atoms with E-state index in [-0.39, 0.29) is 0 Å². The van der Waals surface area contributed by atoms with Crippen LogP contribution < -0.4 is 0 Å². The number of hydrogen-bond donors (Lipinski definition) is 1. The number of fused-ring (bicyclic) bond motifs is 1. The van der Waals surface area contributed by atoms with Crippen LogP contribution in [0.4, 0.5) is 0 Å². The van der Waals surface area contributed by atoms with E-state index in [1.165, 1.54) is 17.8 Å². The van der Waals surface area contributed by atoms with Gasteiger partial charge in [-0.1, -0.05) is 17.8 Å². The molecule has 0 aromatic carbocycles. The fourth-order valence-corrected chi connectivity index (χ4v) is 3.30. The molecule has 1 aliphatic rings. The largest absolute Gasteiger partial charge is 0.477 e. The van der Waals surface area contributed by atoms with Crippen LogP contribution in [0.5, 0.6) is 0 Å². The molecule has 1 N–H and O–H groups in total. The average Bonchev–Trinajstić information content (AvgIpc) is 2.66. The minimum absolute atomic E-state index is 0.410. The van der Waals surface area contributed by atoms with Gasteiger partial charge in [0.2, 0.25) is 0 Å². The molecule has 1 fully saturated rings. The first-order chi connectivity index (χ1) is 7.68. The molecule has 0 spiro atoms. The van der Waals surface area contributed by atoms with Gasteiger partial charge in [-0.25, -0.2) is 9.78 Å². The van der Waals surface area contributed by atoms with Crippen molar-refractivity contribution in [3.05, 3.63) is 22.5 Å². The summed E-state index contributed by atoms with van der Waals surface area (Å²) in [5.41, 5.74) is 1.99. The van der Waals surface area contributed by atoms with Crippen LogP contribution in [0.3, 0.4) is 0 Å². The van der Waals surface area contributed by atoms with Gasteiger partial charge in [-0.05, 0) is 19.8 Å². The standard InChI is InChI=1S/C11H12N2O2S/c1-6-5-12-11-13(6)8(7-3-2-4-7)9(16-11)10(14)15/h5,7H,2-4H2,1H3,(H,14,15). The minimum atomic E-state index is -0.822. The number of rotatable bonds is 2. The minimum Gasteiger partial charge on any atom is -0.477 e. The highest BCUT2D eigenvalue weighted by Gasteiger charge is 2.30. The van der Waals surface area contributed by atoms with E-state index in [2.05, 4.69) is 4.98 Å². The van der Waals surface area contributed by atoms with Gasteiger partial charge < -0.3 is 5.11 Å². The SMILES string of the molecule is Cc1cnc2sc(C(=O)O)c(C3CCC3)n12. The fourth-order valence-electron chi connectivity index (χ4n) is 2.23. The molecule has 2 heterocycles. The van der Waals surface area contributed by atoms with Crippen LogP contribution in [0.1, 0.15) is 46.2 Å². The first-order valence-corrected chi connectivity index (χ1v) is 6.20. The fraction of sp³-hybridized carbons (Fsp3) is 0.455. The Bertz CT molecular complexity index is 566. The Labute approximate surface area is 96.5 Å². The van der Waals surface area contributed by atoms with E-state index in [4.69, 9.17) is 0 Å². The molecule has 4 nitrogen and oxygen atoms in total. The Hall–Kier alpha value is -1.36. The number of carbonyl (C=O) groups is 1. The number of hydrogen-bond acceptors (Lipinski definition) is 3. The summed E-state index contributed by atoms with van der Waals surface area (Å²) in [5.74, 6) is -0.412. The molecular weight excluding hydrogens is 224 g/mol. The van der Waals surface area contributed by atoms with Crippen LogP contribution in [0.2, 0.25) is 0 Å². The highest BCUT2D eigenvalue weighted by atomic mass is 32.1. The van der Waals surface area contributed by atoms with Crippen LogP contribution in [0.15, 0.2) is 6.20 Å². The summed E-state index contributed by atoms with van der Waals surface area (Å²) in [6, 6.07) is 0. The van der Waals surface area contributed by atoms with Crippen LogP contribution in [0.25, 0.3) is 4.96 Å². The van der Waals surface area contributed by atoms with Gasteiger partial charge >= 0.3 is 5.97 Å². The molecule has 1 saturated carbocycles. The maximum atomic E-state index is 11.2. The zero-order valence-electron chi connectivity index (χ0n) is 8.93. The first-order valence-electron chi connectivity index (χ1n) is 5.38. The smallest absolute Gasteiger partial charge is 0.347 e. The van der Waals surface area contributed by atoms with Crippen molar-refractivity contribution in [2.75, 3.05) is 0 Å². The summed E-state index contributed by atoms with van der Waals surface area (Å²) in [6.07, 6.45) is 5.21. The number of aryl methyl sites for hydroxylation is 1. The van der Waals surface area contributed by atoms with E-state index >= 15 is 0 Å². The van der Waals surface area contributed by atoms with Crippen molar-refractivity contribution >= 4 is 22.3 Å². The van der Waals surface area contributed by atoms with E-state index in [0.29, 0.717) is 10.8 Å². The van der Waals surface area contributed by atoms with E-state index in [9.17, 15) is 9.90 Å². The second-order valence-corrected chi connectivity index (χ2v) is 5.24. The summed E-state index contributed by atoms with van der Waals surface area (Å²) < 4.78 is 2.01. The molecule has 16 heavy (non-hydrogen) atoms. The molecule has 0 bridgehead atoms. The molecule has 3 rings (SSSR count). The molecule has 0 unspecified atom stereocenters. The molecule has 84 valence electrons. The molecular formula is C11H12N2O2S. The van der Waals surface area contributed by atoms with Gasteiger partial charge in [0, 0.05) is 17.8 Å². The van der Waals surface area contributed by atoms with Crippen molar-refractivity contribution in [3.8, 4) is 0 Å². The van der Waals surface area contributed by atoms with Gasteiger partial charge in [0.25, 0.3) is 0 Å². The number of aromatic carboxylic acids is 1. The van der Waals surface area contributed by atoms with Gasteiger partial charge in [-0.3, -0.25) is 4.40 Å². The molecule has 5 heteroatoms. The summed E-state index contributed by atoms with van der Waals surface area (Å²) in [7, 11) is 0. The van der Waals surface area contributed by atoms with Gasteiger partial charge in [-0.2, -0.15) is 0 Å². The topological polar surface area (TPSA) is 54.6 Å². The second-order valence-electron chi connectivity index (χ2n) is 4.27. The number of carboxylic acids is 1. The monoisotopic (exact) mass is 236 g/mol. The van der Waals surface area contributed by atoms with E-state index < -0.39 is 5.97 Å². The van der Waals surface area contributed by atoms with Crippen molar-refractivity contribution in [1.82, 2.24) is 9.38 Å². The average molecular weight is 236 g/mol. The Kier molecular flexibility index (Phi) is 2.04. The van der Waals surface area contributed by atoms with Gasteiger partial charge in [0.1, 0.15) is 4.88 Å². The van der Waals surface area contributed by atoms with E-state index in [0.717, 1.165) is 29.2 Å². The predicted octanol–water partition coefficient (Wildman–Crippen LogP) is 2.67. The highest BCUT2D eigenvalue weighted by Crippen LogP contribution is 2.41. The van der Waals surface area contributed by atoms with Crippen LogP contribution >= 0.6 is 11.3 Å². The van der Waals surface area contributed by atoms with Gasteiger partial charge in [0.05, 0.1) is 5.69 Å².